The van der Waals surface area contributed by atoms with Gasteiger partial charge in [0.25, 0.3) is 0 Å². The summed E-state index contributed by atoms with van der Waals surface area (Å²) in [7, 11) is -0.254. The maximum Gasteiger partial charge on any atom is 0.0887 e. The smallest absolute Gasteiger partial charge is 0.0887 e. The van der Waals surface area contributed by atoms with E-state index in [0.29, 0.717) is 5.73 Å². The van der Waals surface area contributed by atoms with Gasteiger partial charge in [-0.25, -0.2) is 0 Å². The number of rotatable bonds is 2. The monoisotopic (exact) mass is 226 g/mol. The quantitative estimate of drug-likeness (QED) is 0.698. The second-order valence-electron chi connectivity index (χ2n) is 3.82. The first-order chi connectivity index (χ1) is 6.84. The molecule has 1 heterocycles. The average Bonchev–Trinajstić information content (AvgIpc) is 2.23. The van der Waals surface area contributed by atoms with Crippen LogP contribution in [0.2, 0.25) is 5.02 Å². The molecule has 3 heteroatoms. The van der Waals surface area contributed by atoms with E-state index >= 15 is 0 Å². The molecule has 0 spiro atoms. The van der Waals surface area contributed by atoms with Gasteiger partial charge in [0, 0.05) is 17.4 Å². The van der Waals surface area contributed by atoms with Gasteiger partial charge in [-0.3, -0.25) is 0 Å². The maximum absolute atomic E-state index is 5.84. The van der Waals surface area contributed by atoms with Gasteiger partial charge < -0.3 is 4.74 Å². The summed E-state index contributed by atoms with van der Waals surface area (Å²) in [5.74, 6) is 0. The Hall–Kier alpha value is -0.313. The first kappa shape index (κ1) is 10.2. The van der Waals surface area contributed by atoms with Crippen molar-refractivity contribution in [1.82, 2.24) is 0 Å². The highest BCUT2D eigenvalue weighted by Gasteiger charge is 2.14. The standard InChI is InChI=1S/C11H15ClOSi/c12-9-4-6-10(7-5-9)14-11-3-1-2-8-13-11/h4-7,11H,1-3,8,14H2. The molecule has 14 heavy (non-hydrogen) atoms. The molecule has 0 saturated carbocycles. The first-order valence-corrected chi connectivity index (χ1v) is 7.11. The van der Waals surface area contributed by atoms with Crippen LogP contribution in [0.4, 0.5) is 0 Å². The van der Waals surface area contributed by atoms with Crippen molar-refractivity contribution in [3.63, 3.8) is 0 Å². The van der Waals surface area contributed by atoms with Crippen LogP contribution >= 0.6 is 11.6 Å². The normalized spacial score (nSPS) is 23.1. The fourth-order valence-corrected chi connectivity index (χ4v) is 3.79. The fraction of sp³-hybridized carbons (Fsp3) is 0.455. The lowest BCUT2D eigenvalue weighted by Crippen LogP contribution is -2.33. The summed E-state index contributed by atoms with van der Waals surface area (Å²) in [6, 6.07) is 8.25. The van der Waals surface area contributed by atoms with Gasteiger partial charge in [0.2, 0.25) is 0 Å². The minimum Gasteiger partial charge on any atom is -0.382 e. The predicted molar refractivity (Wildman–Crippen MR) is 63.2 cm³/mol. The molecule has 1 aromatic rings. The van der Waals surface area contributed by atoms with Crippen LogP contribution < -0.4 is 5.19 Å². The molecule has 0 amide bonds. The van der Waals surface area contributed by atoms with Crippen molar-refractivity contribution in [2.45, 2.75) is 25.0 Å². The zero-order chi connectivity index (χ0) is 9.80. The molecule has 0 radical (unpaired) electrons. The molecule has 1 unspecified atom stereocenters. The molecule has 1 nitrogen and oxygen atoms in total. The predicted octanol–water partition coefficient (Wildman–Crippen LogP) is 1.66. The highest BCUT2D eigenvalue weighted by atomic mass is 35.5. The molecule has 2 rings (SSSR count). The van der Waals surface area contributed by atoms with Crippen LogP contribution in [-0.2, 0) is 4.74 Å². The Morgan fingerprint density at radius 2 is 2.00 bits per heavy atom. The Kier molecular flexibility index (Phi) is 3.62. The summed E-state index contributed by atoms with van der Waals surface area (Å²) in [5, 5.41) is 2.29. The number of halogens is 1. The van der Waals surface area contributed by atoms with Crippen LogP contribution in [0.15, 0.2) is 24.3 Å². The van der Waals surface area contributed by atoms with E-state index in [2.05, 4.69) is 12.1 Å². The van der Waals surface area contributed by atoms with Gasteiger partial charge in [-0.2, -0.15) is 0 Å². The van der Waals surface area contributed by atoms with Gasteiger partial charge in [0.15, 0.2) is 0 Å². The van der Waals surface area contributed by atoms with E-state index in [1.807, 2.05) is 12.1 Å². The molecule has 1 atom stereocenters. The van der Waals surface area contributed by atoms with Crippen LogP contribution in [0, 0.1) is 0 Å². The molecular weight excluding hydrogens is 212 g/mol. The van der Waals surface area contributed by atoms with Crippen molar-refractivity contribution < 1.29 is 4.74 Å². The van der Waals surface area contributed by atoms with Crippen molar-refractivity contribution in [2.24, 2.45) is 0 Å². The summed E-state index contributed by atoms with van der Waals surface area (Å²) in [5.41, 5.74) is 0.560. The SMILES string of the molecule is Clc1ccc([SiH2]C2CCCCO2)cc1. The molecule has 1 aliphatic rings. The van der Waals surface area contributed by atoms with Crippen LogP contribution in [-0.4, -0.2) is 21.9 Å². The summed E-state index contributed by atoms with van der Waals surface area (Å²) in [6.45, 7) is 0.964. The summed E-state index contributed by atoms with van der Waals surface area (Å²) in [6.07, 6.45) is 3.84. The Labute approximate surface area is 92.2 Å². The Morgan fingerprint density at radius 1 is 1.21 bits per heavy atom. The topological polar surface area (TPSA) is 9.23 Å². The second kappa shape index (κ2) is 4.96. The van der Waals surface area contributed by atoms with Gasteiger partial charge in [0.05, 0.1) is 9.52 Å². The Balaban J connectivity index is 1.92. The zero-order valence-corrected chi connectivity index (χ0v) is 10.4. The molecular formula is C11H15ClOSi. The highest BCUT2D eigenvalue weighted by Crippen LogP contribution is 2.11. The summed E-state index contributed by atoms with van der Waals surface area (Å²) >= 11 is 5.84. The fourth-order valence-electron chi connectivity index (χ4n) is 1.85. The molecule has 1 aliphatic heterocycles. The Morgan fingerprint density at radius 3 is 2.64 bits per heavy atom. The van der Waals surface area contributed by atoms with Crippen LogP contribution in [0.25, 0.3) is 0 Å². The van der Waals surface area contributed by atoms with Crippen LogP contribution in [0.5, 0.6) is 0 Å². The van der Waals surface area contributed by atoms with Crippen molar-refractivity contribution in [2.75, 3.05) is 6.61 Å². The lowest BCUT2D eigenvalue weighted by molar-refractivity contribution is 0.0660. The van der Waals surface area contributed by atoms with E-state index in [1.54, 1.807) is 0 Å². The minimum atomic E-state index is -0.254. The maximum atomic E-state index is 5.84. The summed E-state index contributed by atoms with van der Waals surface area (Å²) in [4.78, 5) is 0. The van der Waals surface area contributed by atoms with Crippen LogP contribution in [0.1, 0.15) is 19.3 Å². The number of benzene rings is 1. The molecule has 0 aromatic heterocycles. The van der Waals surface area contributed by atoms with Crippen molar-refractivity contribution in [3.05, 3.63) is 29.3 Å². The van der Waals surface area contributed by atoms with Gasteiger partial charge in [0.1, 0.15) is 0 Å². The average molecular weight is 227 g/mol. The van der Waals surface area contributed by atoms with Crippen molar-refractivity contribution in [3.8, 4) is 0 Å². The van der Waals surface area contributed by atoms with E-state index in [1.165, 1.54) is 24.4 Å². The van der Waals surface area contributed by atoms with E-state index in [9.17, 15) is 0 Å². The lowest BCUT2D eigenvalue weighted by Gasteiger charge is -2.22. The van der Waals surface area contributed by atoms with Gasteiger partial charge in [-0.15, -0.1) is 0 Å². The zero-order valence-electron chi connectivity index (χ0n) is 8.21. The van der Waals surface area contributed by atoms with Gasteiger partial charge in [-0.1, -0.05) is 28.9 Å². The molecule has 1 aromatic carbocycles. The molecule has 1 fully saturated rings. The third kappa shape index (κ3) is 2.84. The largest absolute Gasteiger partial charge is 0.382 e. The molecule has 76 valence electrons. The van der Waals surface area contributed by atoms with Gasteiger partial charge in [-0.05, 0) is 31.4 Å². The van der Waals surface area contributed by atoms with Crippen molar-refractivity contribution >= 4 is 26.3 Å². The minimum absolute atomic E-state index is 0.254. The second-order valence-corrected chi connectivity index (χ2v) is 6.39. The van der Waals surface area contributed by atoms with E-state index in [0.717, 1.165) is 11.6 Å². The van der Waals surface area contributed by atoms with E-state index < -0.39 is 0 Å². The molecule has 0 N–H and O–H groups in total. The highest BCUT2D eigenvalue weighted by molar-refractivity contribution is 6.54. The van der Waals surface area contributed by atoms with E-state index in [4.69, 9.17) is 16.3 Å². The van der Waals surface area contributed by atoms with Crippen LogP contribution in [0.3, 0.4) is 0 Å². The number of ether oxygens (including phenoxy) is 1. The van der Waals surface area contributed by atoms with Crippen molar-refractivity contribution in [1.29, 1.82) is 0 Å². The number of hydrogen-bond donors (Lipinski definition) is 0. The summed E-state index contributed by atoms with van der Waals surface area (Å²) < 4.78 is 5.74. The van der Waals surface area contributed by atoms with E-state index in [-0.39, 0.29) is 9.52 Å². The molecule has 1 saturated heterocycles. The third-order valence-corrected chi connectivity index (χ3v) is 4.94. The number of hydrogen-bond acceptors (Lipinski definition) is 1. The molecule has 0 aliphatic carbocycles. The third-order valence-electron chi connectivity index (χ3n) is 2.65. The first-order valence-electron chi connectivity index (χ1n) is 5.20. The van der Waals surface area contributed by atoms with Gasteiger partial charge >= 0.3 is 0 Å². The molecule has 0 bridgehead atoms. The lowest BCUT2D eigenvalue weighted by atomic mass is 10.2. The Bertz CT molecular complexity index is 280.